The molecule has 92 valence electrons. The van der Waals surface area contributed by atoms with Crippen LogP contribution in [0.1, 0.15) is 23.2 Å². The number of benzene rings is 1. The van der Waals surface area contributed by atoms with Crippen molar-refractivity contribution in [1.29, 1.82) is 0 Å². The van der Waals surface area contributed by atoms with Crippen molar-refractivity contribution in [2.75, 3.05) is 0 Å². The molecule has 0 radical (unpaired) electrons. The van der Waals surface area contributed by atoms with Crippen LogP contribution in [0.25, 0.3) is 0 Å². The van der Waals surface area contributed by atoms with Gasteiger partial charge >= 0.3 is 0 Å². The summed E-state index contributed by atoms with van der Waals surface area (Å²) in [6.45, 7) is 0. The van der Waals surface area contributed by atoms with E-state index in [2.05, 4.69) is 21.2 Å². The van der Waals surface area contributed by atoms with E-state index in [9.17, 15) is 13.2 Å². The zero-order valence-electron chi connectivity index (χ0n) is 8.61. The molecule has 0 unspecified atom stereocenters. The van der Waals surface area contributed by atoms with Crippen molar-refractivity contribution in [2.24, 2.45) is 0 Å². The third kappa shape index (κ3) is 3.20. The Hall–Kier alpha value is -0.590. The normalized spacial score (nSPS) is 15.6. The zero-order valence-corrected chi connectivity index (χ0v) is 11.8. The highest BCUT2D eigenvalue weighted by Gasteiger charge is 2.25. The van der Waals surface area contributed by atoms with Crippen LogP contribution in [-0.4, -0.2) is 20.4 Å². The number of amides is 1. The van der Waals surface area contributed by atoms with Gasteiger partial charge in [-0.2, -0.15) is 0 Å². The third-order valence-corrected chi connectivity index (χ3v) is 4.42. The van der Waals surface area contributed by atoms with Crippen LogP contribution >= 0.6 is 26.6 Å². The lowest BCUT2D eigenvalue weighted by atomic mass is 10.2. The molecule has 0 heterocycles. The van der Waals surface area contributed by atoms with Crippen molar-refractivity contribution in [3.05, 3.63) is 28.2 Å². The number of carbonyl (C=O) groups is 1. The predicted octanol–water partition coefficient (Wildman–Crippen LogP) is 2.27. The smallest absolute Gasteiger partial charge is 0.261 e. The molecule has 7 heteroatoms. The molecule has 0 aromatic heterocycles. The number of halogens is 2. The van der Waals surface area contributed by atoms with Gasteiger partial charge in [-0.15, -0.1) is 0 Å². The Kier molecular flexibility index (Phi) is 3.47. The van der Waals surface area contributed by atoms with Gasteiger partial charge in [-0.3, -0.25) is 4.79 Å². The molecule has 2 rings (SSSR count). The Bertz CT molecular complexity index is 569. The van der Waals surface area contributed by atoms with Gasteiger partial charge in [-0.1, -0.05) is 0 Å². The zero-order chi connectivity index (χ0) is 12.6. The van der Waals surface area contributed by atoms with Crippen LogP contribution in [0, 0.1) is 0 Å². The monoisotopic (exact) mass is 337 g/mol. The maximum absolute atomic E-state index is 11.8. The average molecular weight is 339 g/mol. The van der Waals surface area contributed by atoms with Gasteiger partial charge in [0, 0.05) is 21.2 Å². The molecule has 1 aliphatic carbocycles. The molecule has 1 fully saturated rings. The molecule has 1 aromatic rings. The molecule has 1 N–H and O–H groups in total. The van der Waals surface area contributed by atoms with E-state index in [1.807, 2.05) is 0 Å². The molecule has 0 saturated heterocycles. The lowest BCUT2D eigenvalue weighted by molar-refractivity contribution is 0.0950. The van der Waals surface area contributed by atoms with Crippen LogP contribution in [0.15, 0.2) is 27.6 Å². The van der Waals surface area contributed by atoms with Crippen molar-refractivity contribution < 1.29 is 13.2 Å². The first-order valence-electron chi connectivity index (χ1n) is 4.93. The Morgan fingerprint density at radius 1 is 1.41 bits per heavy atom. The fraction of sp³-hybridized carbons (Fsp3) is 0.300. The maximum Gasteiger partial charge on any atom is 0.261 e. The SMILES string of the molecule is O=C(NC1CC1)c1cc(S(=O)(=O)Cl)ccc1Br. The molecule has 1 amide bonds. The third-order valence-electron chi connectivity index (χ3n) is 2.38. The molecule has 1 aromatic carbocycles. The van der Waals surface area contributed by atoms with Crippen molar-refractivity contribution in [3.63, 3.8) is 0 Å². The lowest BCUT2D eigenvalue weighted by Gasteiger charge is -2.06. The summed E-state index contributed by atoms with van der Waals surface area (Å²) in [7, 11) is 1.41. The predicted molar refractivity (Wildman–Crippen MR) is 67.7 cm³/mol. The fourth-order valence-corrected chi connectivity index (χ4v) is 2.52. The van der Waals surface area contributed by atoms with Gasteiger partial charge in [-0.05, 0) is 47.0 Å². The first-order chi connectivity index (χ1) is 7.88. The molecular weight excluding hydrogens is 330 g/mol. The molecular formula is C10H9BrClNO3S. The number of carbonyl (C=O) groups excluding carboxylic acids is 1. The lowest BCUT2D eigenvalue weighted by Crippen LogP contribution is -2.25. The summed E-state index contributed by atoms with van der Waals surface area (Å²) in [5.41, 5.74) is 0.277. The highest BCUT2D eigenvalue weighted by atomic mass is 79.9. The summed E-state index contributed by atoms with van der Waals surface area (Å²) >= 11 is 3.21. The molecule has 17 heavy (non-hydrogen) atoms. The van der Waals surface area contributed by atoms with E-state index in [1.54, 1.807) is 0 Å². The standard InChI is InChI=1S/C10H9BrClNO3S/c11-9-4-3-7(17(12,15)16)5-8(9)10(14)13-6-1-2-6/h3-6H,1-2H2,(H,13,14). The van der Waals surface area contributed by atoms with Crippen molar-refractivity contribution in [2.45, 2.75) is 23.8 Å². The van der Waals surface area contributed by atoms with Gasteiger partial charge in [0.2, 0.25) is 0 Å². The number of hydrogen-bond donors (Lipinski definition) is 1. The molecule has 0 bridgehead atoms. The summed E-state index contributed by atoms with van der Waals surface area (Å²) in [6, 6.07) is 4.33. The minimum Gasteiger partial charge on any atom is -0.349 e. The average Bonchev–Trinajstić information content (AvgIpc) is 3.00. The Morgan fingerprint density at radius 2 is 2.06 bits per heavy atom. The highest BCUT2D eigenvalue weighted by Crippen LogP contribution is 2.25. The Morgan fingerprint density at radius 3 is 2.59 bits per heavy atom. The molecule has 0 spiro atoms. The number of rotatable bonds is 3. The topological polar surface area (TPSA) is 63.2 Å². The van der Waals surface area contributed by atoms with E-state index in [4.69, 9.17) is 10.7 Å². The Labute approximate surface area is 112 Å². The van der Waals surface area contributed by atoms with Crippen molar-refractivity contribution in [1.82, 2.24) is 5.32 Å². The molecule has 4 nitrogen and oxygen atoms in total. The van der Waals surface area contributed by atoms with Gasteiger partial charge in [-0.25, -0.2) is 8.42 Å². The summed E-state index contributed by atoms with van der Waals surface area (Å²) in [6.07, 6.45) is 1.94. The first kappa shape index (κ1) is 12.9. The second-order valence-electron chi connectivity index (χ2n) is 3.83. The fourth-order valence-electron chi connectivity index (χ4n) is 1.32. The molecule has 0 aliphatic heterocycles. The molecule has 1 aliphatic rings. The summed E-state index contributed by atoms with van der Waals surface area (Å²) in [5, 5.41) is 2.78. The first-order valence-corrected chi connectivity index (χ1v) is 8.03. The van der Waals surface area contributed by atoms with Crippen LogP contribution in [0.2, 0.25) is 0 Å². The van der Waals surface area contributed by atoms with E-state index < -0.39 is 9.05 Å². The Balaban J connectivity index is 2.34. The van der Waals surface area contributed by atoms with Gasteiger partial charge < -0.3 is 5.32 Å². The molecule has 1 saturated carbocycles. The van der Waals surface area contributed by atoms with Gasteiger partial charge in [0.15, 0.2) is 0 Å². The van der Waals surface area contributed by atoms with E-state index in [0.29, 0.717) is 4.47 Å². The van der Waals surface area contributed by atoms with Gasteiger partial charge in [0.05, 0.1) is 10.5 Å². The van der Waals surface area contributed by atoms with Crippen LogP contribution in [0.4, 0.5) is 0 Å². The van der Waals surface area contributed by atoms with Crippen LogP contribution in [-0.2, 0) is 9.05 Å². The largest absolute Gasteiger partial charge is 0.349 e. The second kappa shape index (κ2) is 4.59. The minimum atomic E-state index is -3.82. The second-order valence-corrected chi connectivity index (χ2v) is 7.25. The highest BCUT2D eigenvalue weighted by molar-refractivity contribution is 9.10. The van der Waals surface area contributed by atoms with E-state index in [0.717, 1.165) is 12.8 Å². The maximum atomic E-state index is 11.8. The number of hydrogen-bond acceptors (Lipinski definition) is 3. The van der Waals surface area contributed by atoms with Crippen LogP contribution in [0.5, 0.6) is 0 Å². The van der Waals surface area contributed by atoms with E-state index >= 15 is 0 Å². The van der Waals surface area contributed by atoms with E-state index in [1.165, 1.54) is 18.2 Å². The quantitative estimate of drug-likeness (QED) is 0.860. The van der Waals surface area contributed by atoms with Gasteiger partial charge in [0.1, 0.15) is 0 Å². The van der Waals surface area contributed by atoms with Crippen LogP contribution < -0.4 is 5.32 Å². The summed E-state index contributed by atoms with van der Waals surface area (Å²) < 4.78 is 22.9. The van der Waals surface area contributed by atoms with Crippen molar-refractivity contribution >= 4 is 41.6 Å². The number of nitrogens with one attached hydrogen (secondary N) is 1. The van der Waals surface area contributed by atoms with Crippen molar-refractivity contribution in [3.8, 4) is 0 Å². The summed E-state index contributed by atoms with van der Waals surface area (Å²) in [5.74, 6) is -0.290. The van der Waals surface area contributed by atoms with Gasteiger partial charge in [0.25, 0.3) is 15.0 Å². The van der Waals surface area contributed by atoms with Crippen LogP contribution in [0.3, 0.4) is 0 Å². The van der Waals surface area contributed by atoms with E-state index in [-0.39, 0.29) is 22.4 Å². The molecule has 0 atom stereocenters. The summed E-state index contributed by atoms with van der Waals surface area (Å²) in [4.78, 5) is 11.7. The minimum absolute atomic E-state index is 0.0803.